The van der Waals surface area contributed by atoms with E-state index < -0.39 is 6.67 Å². The zero-order valence-electron chi connectivity index (χ0n) is 6.84. The SMILES string of the molecule is CC[C@@H]1NC(=S)N(CCF)C1=O. The molecule has 0 unspecified atom stereocenters. The molecule has 0 aromatic rings. The van der Waals surface area contributed by atoms with Crippen LogP contribution in [0.1, 0.15) is 13.3 Å². The van der Waals surface area contributed by atoms with E-state index in [2.05, 4.69) is 5.32 Å². The van der Waals surface area contributed by atoms with Crippen LogP contribution in [0, 0.1) is 0 Å². The van der Waals surface area contributed by atoms with E-state index in [9.17, 15) is 9.18 Å². The van der Waals surface area contributed by atoms with Crippen molar-refractivity contribution in [3.8, 4) is 0 Å². The van der Waals surface area contributed by atoms with Crippen molar-refractivity contribution in [3.05, 3.63) is 0 Å². The van der Waals surface area contributed by atoms with Gasteiger partial charge in [-0.15, -0.1) is 0 Å². The molecule has 1 aliphatic heterocycles. The zero-order valence-corrected chi connectivity index (χ0v) is 7.66. The highest BCUT2D eigenvalue weighted by Crippen LogP contribution is 2.08. The fourth-order valence-electron chi connectivity index (χ4n) is 1.15. The van der Waals surface area contributed by atoms with E-state index in [0.29, 0.717) is 11.5 Å². The number of amides is 1. The maximum atomic E-state index is 11.9. The molecule has 0 aromatic heterocycles. The number of nitrogens with one attached hydrogen (secondary N) is 1. The smallest absolute Gasteiger partial charge is 0.251 e. The first-order valence-corrected chi connectivity index (χ1v) is 4.29. The van der Waals surface area contributed by atoms with Crippen LogP contribution in [0.3, 0.4) is 0 Å². The maximum Gasteiger partial charge on any atom is 0.251 e. The van der Waals surface area contributed by atoms with Gasteiger partial charge in [-0.05, 0) is 18.6 Å². The monoisotopic (exact) mass is 190 g/mol. The van der Waals surface area contributed by atoms with Crippen molar-refractivity contribution in [3.63, 3.8) is 0 Å². The van der Waals surface area contributed by atoms with Gasteiger partial charge in [0.25, 0.3) is 5.91 Å². The van der Waals surface area contributed by atoms with Crippen molar-refractivity contribution in [2.45, 2.75) is 19.4 Å². The van der Waals surface area contributed by atoms with Gasteiger partial charge in [-0.25, -0.2) is 4.39 Å². The second-order valence-corrected chi connectivity index (χ2v) is 2.98. The minimum Gasteiger partial charge on any atom is -0.350 e. The molecule has 0 aliphatic carbocycles. The first kappa shape index (κ1) is 9.38. The van der Waals surface area contributed by atoms with Gasteiger partial charge in [0.15, 0.2) is 5.11 Å². The number of carbonyl (C=O) groups excluding carboxylic acids is 1. The second-order valence-electron chi connectivity index (χ2n) is 2.59. The van der Waals surface area contributed by atoms with E-state index in [1.807, 2.05) is 6.92 Å². The number of hydrogen-bond acceptors (Lipinski definition) is 2. The molecule has 1 atom stereocenters. The van der Waals surface area contributed by atoms with Crippen LogP contribution in [0.5, 0.6) is 0 Å². The molecule has 1 aliphatic rings. The molecule has 1 rings (SSSR count). The molecule has 0 radical (unpaired) electrons. The quantitative estimate of drug-likeness (QED) is 0.656. The molecule has 0 spiro atoms. The molecule has 1 saturated heterocycles. The van der Waals surface area contributed by atoms with E-state index in [1.165, 1.54) is 4.90 Å². The van der Waals surface area contributed by atoms with Crippen molar-refractivity contribution >= 4 is 23.2 Å². The Morgan fingerprint density at radius 3 is 2.83 bits per heavy atom. The summed E-state index contributed by atoms with van der Waals surface area (Å²) in [5, 5.41) is 3.18. The zero-order chi connectivity index (χ0) is 9.14. The van der Waals surface area contributed by atoms with Gasteiger partial charge in [-0.2, -0.15) is 0 Å². The number of alkyl halides is 1. The van der Waals surface area contributed by atoms with Gasteiger partial charge in [-0.3, -0.25) is 9.69 Å². The van der Waals surface area contributed by atoms with Crippen molar-refractivity contribution in [2.24, 2.45) is 0 Å². The van der Waals surface area contributed by atoms with E-state index >= 15 is 0 Å². The van der Waals surface area contributed by atoms with Crippen LogP contribution in [0.25, 0.3) is 0 Å². The summed E-state index contributed by atoms with van der Waals surface area (Å²) < 4.78 is 11.9. The predicted octanol–water partition coefficient (Wildman–Crippen LogP) is 0.451. The Kier molecular flexibility index (Phi) is 2.97. The molecule has 3 nitrogen and oxygen atoms in total. The van der Waals surface area contributed by atoms with Gasteiger partial charge in [0.05, 0.1) is 6.54 Å². The number of thiocarbonyl (C=S) groups is 1. The third-order valence-corrected chi connectivity index (χ3v) is 2.16. The van der Waals surface area contributed by atoms with Crippen molar-refractivity contribution in [2.75, 3.05) is 13.2 Å². The lowest BCUT2D eigenvalue weighted by Crippen LogP contribution is -2.33. The maximum absolute atomic E-state index is 11.9. The lowest BCUT2D eigenvalue weighted by molar-refractivity contribution is -0.127. The van der Waals surface area contributed by atoms with E-state index in [4.69, 9.17) is 12.2 Å². The summed E-state index contributed by atoms with van der Waals surface area (Å²) in [4.78, 5) is 12.6. The molecule has 1 amide bonds. The van der Waals surface area contributed by atoms with Crippen LogP contribution in [-0.4, -0.2) is 35.2 Å². The molecule has 5 heteroatoms. The highest BCUT2D eigenvalue weighted by atomic mass is 32.1. The lowest BCUT2D eigenvalue weighted by Gasteiger charge is -2.11. The number of carbonyl (C=O) groups is 1. The summed E-state index contributed by atoms with van der Waals surface area (Å²) >= 11 is 4.85. The summed E-state index contributed by atoms with van der Waals surface area (Å²) in [6, 6.07) is -0.246. The summed E-state index contributed by atoms with van der Waals surface area (Å²) in [5.74, 6) is -0.111. The molecule has 1 N–H and O–H groups in total. The van der Waals surface area contributed by atoms with Gasteiger partial charge in [0.1, 0.15) is 12.7 Å². The van der Waals surface area contributed by atoms with Gasteiger partial charge in [0.2, 0.25) is 0 Å². The molecule has 1 fully saturated rings. The highest BCUT2D eigenvalue weighted by Gasteiger charge is 2.33. The summed E-state index contributed by atoms with van der Waals surface area (Å²) in [6.45, 7) is 1.41. The first-order chi connectivity index (χ1) is 5.70. The molecule has 0 bridgehead atoms. The summed E-state index contributed by atoms with van der Waals surface area (Å²) in [6.07, 6.45) is 0.682. The topological polar surface area (TPSA) is 32.3 Å². The van der Waals surface area contributed by atoms with Crippen molar-refractivity contribution in [1.29, 1.82) is 0 Å². The second kappa shape index (κ2) is 3.80. The third kappa shape index (κ3) is 1.55. The fourth-order valence-corrected chi connectivity index (χ4v) is 1.47. The lowest BCUT2D eigenvalue weighted by atomic mass is 10.2. The average molecular weight is 190 g/mol. The summed E-state index contributed by atoms with van der Waals surface area (Å²) in [7, 11) is 0. The third-order valence-electron chi connectivity index (χ3n) is 1.82. The normalized spacial score (nSPS) is 23.2. The van der Waals surface area contributed by atoms with Crippen LogP contribution in [0.4, 0.5) is 4.39 Å². The molecular formula is C7H11FN2OS. The van der Waals surface area contributed by atoms with Crippen LogP contribution in [0.2, 0.25) is 0 Å². The average Bonchev–Trinajstić information content (AvgIpc) is 2.32. The van der Waals surface area contributed by atoms with Crippen molar-refractivity contribution in [1.82, 2.24) is 10.2 Å². The fraction of sp³-hybridized carbons (Fsp3) is 0.714. The Morgan fingerprint density at radius 2 is 2.42 bits per heavy atom. The van der Waals surface area contributed by atoms with E-state index in [1.54, 1.807) is 0 Å². The number of hydrogen-bond donors (Lipinski definition) is 1. The minimum atomic E-state index is -0.552. The first-order valence-electron chi connectivity index (χ1n) is 3.88. The molecule has 0 aromatic carbocycles. The Balaban J connectivity index is 2.64. The number of nitrogens with zero attached hydrogens (tertiary/aromatic N) is 1. The van der Waals surface area contributed by atoms with Gasteiger partial charge in [0, 0.05) is 0 Å². The molecule has 1 heterocycles. The predicted molar refractivity (Wildman–Crippen MR) is 47.5 cm³/mol. The van der Waals surface area contributed by atoms with Crippen molar-refractivity contribution < 1.29 is 9.18 Å². The minimum absolute atomic E-state index is 0.0706. The summed E-state index contributed by atoms with van der Waals surface area (Å²) in [5.41, 5.74) is 0. The van der Waals surface area contributed by atoms with Gasteiger partial charge >= 0.3 is 0 Å². The Hall–Kier alpha value is -0.710. The number of halogens is 1. The van der Waals surface area contributed by atoms with Crippen LogP contribution >= 0.6 is 12.2 Å². The van der Waals surface area contributed by atoms with E-state index in [0.717, 1.165) is 0 Å². The van der Waals surface area contributed by atoms with Crippen LogP contribution in [-0.2, 0) is 4.79 Å². The Morgan fingerprint density at radius 1 is 1.75 bits per heavy atom. The van der Waals surface area contributed by atoms with Gasteiger partial charge in [-0.1, -0.05) is 6.92 Å². The Labute approximate surface area is 75.9 Å². The molecule has 12 heavy (non-hydrogen) atoms. The Bertz CT molecular complexity index is 210. The van der Waals surface area contributed by atoms with E-state index in [-0.39, 0.29) is 18.5 Å². The largest absolute Gasteiger partial charge is 0.350 e. The molecular weight excluding hydrogens is 179 g/mol. The molecule has 68 valence electrons. The highest BCUT2D eigenvalue weighted by molar-refractivity contribution is 7.80. The number of rotatable bonds is 3. The van der Waals surface area contributed by atoms with Crippen LogP contribution in [0.15, 0.2) is 0 Å². The van der Waals surface area contributed by atoms with Gasteiger partial charge < -0.3 is 5.32 Å². The molecule has 0 saturated carbocycles. The standard InChI is InChI=1S/C7H11FN2OS/c1-2-5-6(11)10(4-3-8)7(12)9-5/h5H,2-4H2,1H3,(H,9,12)/t5-/m0/s1. The van der Waals surface area contributed by atoms with Crippen LogP contribution < -0.4 is 5.32 Å².